The number of nitro benzene ring substituents is 1. The van der Waals surface area contributed by atoms with E-state index < -0.39 is 17.5 Å². The number of nitrogens with one attached hydrogen (secondary N) is 1. The Morgan fingerprint density at radius 3 is 2.70 bits per heavy atom. The molecule has 0 saturated carbocycles. The molecule has 1 aromatic heterocycles. The number of carbonyl (C=O) groups is 2. The molecule has 0 radical (unpaired) electrons. The number of nitro groups is 1. The van der Waals surface area contributed by atoms with Crippen LogP contribution < -0.4 is 5.32 Å². The molecular weight excluding hydrogens is 376 g/mol. The van der Waals surface area contributed by atoms with Gasteiger partial charge in [-0.15, -0.1) is 0 Å². The Kier molecular flexibility index (Phi) is 7.36. The molecule has 0 spiro atoms. The van der Waals surface area contributed by atoms with Crippen molar-refractivity contribution >= 4 is 29.2 Å². The summed E-state index contributed by atoms with van der Waals surface area (Å²) in [4.78, 5) is 33.8. The Morgan fingerprint density at radius 2 is 2.04 bits per heavy atom. The summed E-state index contributed by atoms with van der Waals surface area (Å²) < 4.78 is 10.3. The zero-order valence-corrected chi connectivity index (χ0v) is 15.5. The standard InChI is InChI=1S/C18H19ClN2O6/c1-2-3-4-9-20-17(22)11-26-18(23)16-8-7-15(27-16)13-6-5-12(21(24)25)10-14(13)19/h5-8,10H,2-4,9,11H2,1H3,(H,20,22). The van der Waals surface area contributed by atoms with Gasteiger partial charge in [-0.1, -0.05) is 31.4 Å². The molecule has 0 atom stereocenters. The molecule has 2 aromatic rings. The Hall–Kier alpha value is -2.87. The molecule has 8 nitrogen and oxygen atoms in total. The van der Waals surface area contributed by atoms with Crippen LogP contribution in [-0.4, -0.2) is 30.0 Å². The minimum absolute atomic E-state index is 0.0989. The highest BCUT2D eigenvalue weighted by atomic mass is 35.5. The number of nitrogens with zero attached hydrogens (tertiary/aromatic N) is 1. The fraction of sp³-hybridized carbons (Fsp3) is 0.333. The van der Waals surface area contributed by atoms with Crippen LogP contribution in [0.25, 0.3) is 11.3 Å². The lowest BCUT2D eigenvalue weighted by Crippen LogP contribution is -2.29. The third kappa shape index (κ3) is 5.82. The van der Waals surface area contributed by atoms with E-state index >= 15 is 0 Å². The van der Waals surface area contributed by atoms with Gasteiger partial charge in [0.05, 0.1) is 9.95 Å². The fourth-order valence-corrected chi connectivity index (χ4v) is 2.53. The Morgan fingerprint density at radius 1 is 1.26 bits per heavy atom. The van der Waals surface area contributed by atoms with E-state index in [9.17, 15) is 19.7 Å². The van der Waals surface area contributed by atoms with E-state index in [1.807, 2.05) is 0 Å². The molecule has 9 heteroatoms. The van der Waals surface area contributed by atoms with E-state index in [2.05, 4.69) is 12.2 Å². The molecule has 144 valence electrons. The summed E-state index contributed by atoms with van der Waals surface area (Å²) in [6.45, 7) is 2.19. The molecule has 1 heterocycles. The highest BCUT2D eigenvalue weighted by molar-refractivity contribution is 6.33. The van der Waals surface area contributed by atoms with Gasteiger partial charge < -0.3 is 14.5 Å². The number of halogens is 1. The minimum atomic E-state index is -0.789. The van der Waals surface area contributed by atoms with Gasteiger partial charge in [-0.05, 0) is 24.6 Å². The molecule has 0 fully saturated rings. The van der Waals surface area contributed by atoms with Crippen molar-refractivity contribution in [2.75, 3.05) is 13.2 Å². The third-order valence-corrected chi connectivity index (χ3v) is 3.99. The lowest BCUT2D eigenvalue weighted by Gasteiger charge is -2.05. The van der Waals surface area contributed by atoms with Crippen LogP contribution in [0.3, 0.4) is 0 Å². The van der Waals surface area contributed by atoms with Crippen LogP contribution in [0.5, 0.6) is 0 Å². The molecule has 1 amide bonds. The number of esters is 1. The summed E-state index contributed by atoms with van der Waals surface area (Å²) in [6.07, 6.45) is 2.93. The van der Waals surface area contributed by atoms with E-state index in [1.54, 1.807) is 0 Å². The van der Waals surface area contributed by atoms with Crippen molar-refractivity contribution in [3.8, 4) is 11.3 Å². The largest absolute Gasteiger partial charge is 0.450 e. The summed E-state index contributed by atoms with van der Waals surface area (Å²) in [5, 5.41) is 13.5. The third-order valence-electron chi connectivity index (χ3n) is 3.67. The molecule has 0 bridgehead atoms. The number of benzene rings is 1. The SMILES string of the molecule is CCCCCNC(=O)COC(=O)c1ccc(-c2ccc([N+](=O)[O-])cc2Cl)o1. The number of furan rings is 1. The first-order valence-corrected chi connectivity index (χ1v) is 8.78. The van der Waals surface area contributed by atoms with Crippen LogP contribution in [0.1, 0.15) is 36.7 Å². The van der Waals surface area contributed by atoms with Crippen LogP contribution in [-0.2, 0) is 9.53 Å². The second kappa shape index (κ2) is 9.72. The number of non-ortho nitro benzene ring substituents is 1. The van der Waals surface area contributed by atoms with Gasteiger partial charge in [0.2, 0.25) is 5.76 Å². The number of hydrogen-bond acceptors (Lipinski definition) is 6. The van der Waals surface area contributed by atoms with Crippen molar-refractivity contribution < 1.29 is 23.7 Å². The monoisotopic (exact) mass is 394 g/mol. The highest BCUT2D eigenvalue weighted by Gasteiger charge is 2.18. The summed E-state index contributed by atoms with van der Waals surface area (Å²) in [7, 11) is 0. The quantitative estimate of drug-likeness (QED) is 0.298. The normalized spacial score (nSPS) is 10.4. The highest BCUT2D eigenvalue weighted by Crippen LogP contribution is 2.32. The van der Waals surface area contributed by atoms with Crippen LogP contribution in [0.4, 0.5) is 5.69 Å². The van der Waals surface area contributed by atoms with Crippen molar-refractivity contribution in [3.63, 3.8) is 0 Å². The van der Waals surface area contributed by atoms with Gasteiger partial charge in [-0.3, -0.25) is 14.9 Å². The minimum Gasteiger partial charge on any atom is -0.450 e. The van der Waals surface area contributed by atoms with Crippen molar-refractivity contribution in [3.05, 3.63) is 51.2 Å². The average Bonchev–Trinajstić information content (AvgIpc) is 3.13. The Balaban J connectivity index is 1.94. The smallest absolute Gasteiger partial charge is 0.374 e. The summed E-state index contributed by atoms with van der Waals surface area (Å²) in [5.41, 5.74) is 0.245. The van der Waals surface area contributed by atoms with Crippen LogP contribution in [0, 0.1) is 10.1 Å². The van der Waals surface area contributed by atoms with Gasteiger partial charge >= 0.3 is 5.97 Å². The number of hydrogen-bond donors (Lipinski definition) is 1. The van der Waals surface area contributed by atoms with Gasteiger partial charge in [0.15, 0.2) is 6.61 Å². The number of carbonyl (C=O) groups excluding carboxylic acids is 2. The summed E-state index contributed by atoms with van der Waals surface area (Å²) in [5.74, 6) is -1.02. The molecule has 27 heavy (non-hydrogen) atoms. The molecule has 0 unspecified atom stereocenters. The Labute approximate surface area is 160 Å². The maximum Gasteiger partial charge on any atom is 0.374 e. The van der Waals surface area contributed by atoms with Crippen molar-refractivity contribution in [1.29, 1.82) is 0 Å². The van der Waals surface area contributed by atoms with Gasteiger partial charge in [0, 0.05) is 24.2 Å². The maximum atomic E-state index is 12.0. The van der Waals surface area contributed by atoms with Crippen LogP contribution in [0.15, 0.2) is 34.7 Å². The van der Waals surface area contributed by atoms with E-state index in [4.69, 9.17) is 20.8 Å². The molecule has 1 aromatic carbocycles. The van der Waals surface area contributed by atoms with Crippen LogP contribution in [0.2, 0.25) is 5.02 Å². The maximum absolute atomic E-state index is 12.0. The Bertz CT molecular complexity index is 833. The van der Waals surface area contributed by atoms with Gasteiger partial charge in [0.25, 0.3) is 11.6 Å². The molecule has 0 aliphatic carbocycles. The number of rotatable bonds is 9. The first-order chi connectivity index (χ1) is 12.9. The number of unbranched alkanes of at least 4 members (excludes halogenated alkanes) is 2. The zero-order chi connectivity index (χ0) is 19.8. The lowest BCUT2D eigenvalue weighted by molar-refractivity contribution is -0.384. The number of ether oxygens (including phenoxy) is 1. The predicted octanol–water partition coefficient (Wildman–Crippen LogP) is 3.97. The van der Waals surface area contributed by atoms with Crippen LogP contribution >= 0.6 is 11.6 Å². The molecule has 2 rings (SSSR count). The van der Waals surface area contributed by atoms with E-state index in [-0.39, 0.29) is 28.1 Å². The first-order valence-electron chi connectivity index (χ1n) is 8.40. The van der Waals surface area contributed by atoms with E-state index in [0.29, 0.717) is 12.1 Å². The van der Waals surface area contributed by atoms with E-state index in [0.717, 1.165) is 19.3 Å². The average molecular weight is 395 g/mol. The van der Waals surface area contributed by atoms with Crippen molar-refractivity contribution in [2.24, 2.45) is 0 Å². The lowest BCUT2D eigenvalue weighted by atomic mass is 10.1. The summed E-state index contributed by atoms with van der Waals surface area (Å²) >= 11 is 6.04. The van der Waals surface area contributed by atoms with Crippen molar-refractivity contribution in [2.45, 2.75) is 26.2 Å². The molecule has 1 N–H and O–H groups in total. The molecule has 0 saturated heterocycles. The molecule has 0 aliphatic heterocycles. The number of amides is 1. The second-order valence-electron chi connectivity index (χ2n) is 5.72. The zero-order valence-electron chi connectivity index (χ0n) is 14.7. The molecule has 0 aliphatic rings. The van der Waals surface area contributed by atoms with Gasteiger partial charge in [-0.2, -0.15) is 0 Å². The van der Waals surface area contributed by atoms with E-state index in [1.165, 1.54) is 30.3 Å². The topological polar surface area (TPSA) is 112 Å². The summed E-state index contributed by atoms with van der Waals surface area (Å²) in [6, 6.07) is 6.78. The first kappa shape index (κ1) is 20.4. The second-order valence-corrected chi connectivity index (χ2v) is 6.13. The van der Waals surface area contributed by atoms with Gasteiger partial charge in [-0.25, -0.2) is 4.79 Å². The predicted molar refractivity (Wildman–Crippen MR) is 98.6 cm³/mol. The van der Waals surface area contributed by atoms with Crippen molar-refractivity contribution in [1.82, 2.24) is 5.32 Å². The fourth-order valence-electron chi connectivity index (χ4n) is 2.27. The molecular formula is C18H19ClN2O6. The van der Waals surface area contributed by atoms with Gasteiger partial charge in [0.1, 0.15) is 5.76 Å².